The molecule has 130 valence electrons. The molecule has 0 aromatic carbocycles. The molecule has 8 nitrogen and oxygen atoms in total. The van der Waals surface area contributed by atoms with Gasteiger partial charge in [0.25, 0.3) is 5.91 Å². The van der Waals surface area contributed by atoms with Crippen LogP contribution < -0.4 is 5.32 Å². The Morgan fingerprint density at radius 1 is 1.29 bits per heavy atom. The summed E-state index contributed by atoms with van der Waals surface area (Å²) in [7, 11) is 3.47. The van der Waals surface area contributed by atoms with Gasteiger partial charge in [-0.25, -0.2) is 5.01 Å². The Labute approximate surface area is 140 Å². The van der Waals surface area contributed by atoms with Crippen LogP contribution in [0.5, 0.6) is 0 Å². The SMILES string of the molecule is Cc1nn(C)c(C)c1[C@H]1OCC[C@@H]1NC(=O)C1=NN(C)C(=O)CC1. The third kappa shape index (κ3) is 2.93. The predicted octanol–water partition coefficient (Wildman–Crippen LogP) is 0.591. The number of rotatable bonds is 3. The lowest BCUT2D eigenvalue weighted by atomic mass is 10.00. The standard InChI is InChI=1S/C16H23N5O3/c1-9-14(10(2)20(3)18-9)15-11(7-8-24-15)17-16(23)12-5-6-13(22)21(4)19-12/h11,15H,5-8H2,1-4H3,(H,17,23)/t11-,15-/m0/s1. The zero-order chi connectivity index (χ0) is 17.4. The summed E-state index contributed by atoms with van der Waals surface area (Å²) in [5.74, 6) is -0.302. The van der Waals surface area contributed by atoms with Gasteiger partial charge < -0.3 is 10.1 Å². The van der Waals surface area contributed by atoms with Gasteiger partial charge in [-0.1, -0.05) is 0 Å². The maximum Gasteiger partial charge on any atom is 0.267 e. The Morgan fingerprint density at radius 3 is 2.67 bits per heavy atom. The molecule has 8 heteroatoms. The molecule has 0 aliphatic carbocycles. The highest BCUT2D eigenvalue weighted by atomic mass is 16.5. The molecular formula is C16H23N5O3. The van der Waals surface area contributed by atoms with Crippen molar-refractivity contribution >= 4 is 17.5 Å². The highest BCUT2D eigenvalue weighted by Gasteiger charge is 2.35. The maximum atomic E-state index is 12.5. The van der Waals surface area contributed by atoms with E-state index in [0.29, 0.717) is 25.2 Å². The molecule has 24 heavy (non-hydrogen) atoms. The first-order chi connectivity index (χ1) is 11.4. The summed E-state index contributed by atoms with van der Waals surface area (Å²) in [5.41, 5.74) is 3.39. The van der Waals surface area contributed by atoms with Gasteiger partial charge >= 0.3 is 0 Å². The third-order valence-electron chi connectivity index (χ3n) is 4.73. The number of carbonyl (C=O) groups excluding carboxylic acids is 2. The number of hydrazone groups is 1. The molecule has 0 unspecified atom stereocenters. The van der Waals surface area contributed by atoms with Gasteiger partial charge in [0.1, 0.15) is 11.8 Å². The molecule has 2 aliphatic rings. The topological polar surface area (TPSA) is 88.8 Å². The Morgan fingerprint density at radius 2 is 2.04 bits per heavy atom. The molecular weight excluding hydrogens is 310 g/mol. The van der Waals surface area contributed by atoms with Crippen molar-refractivity contribution in [3.05, 3.63) is 17.0 Å². The molecule has 1 fully saturated rings. The largest absolute Gasteiger partial charge is 0.371 e. The highest BCUT2D eigenvalue weighted by molar-refractivity contribution is 6.39. The summed E-state index contributed by atoms with van der Waals surface area (Å²) < 4.78 is 7.71. The second-order valence-electron chi connectivity index (χ2n) is 6.33. The third-order valence-corrected chi connectivity index (χ3v) is 4.73. The summed E-state index contributed by atoms with van der Waals surface area (Å²) in [4.78, 5) is 24.0. The minimum atomic E-state index is -0.228. The van der Waals surface area contributed by atoms with E-state index in [4.69, 9.17) is 4.74 Å². The van der Waals surface area contributed by atoms with Crippen LogP contribution in [0.25, 0.3) is 0 Å². The first-order valence-corrected chi connectivity index (χ1v) is 8.15. The maximum absolute atomic E-state index is 12.5. The van der Waals surface area contributed by atoms with Crippen LogP contribution in [0.4, 0.5) is 0 Å². The minimum Gasteiger partial charge on any atom is -0.371 e. The van der Waals surface area contributed by atoms with E-state index < -0.39 is 0 Å². The summed E-state index contributed by atoms with van der Waals surface area (Å²) in [6, 6.07) is -0.121. The molecule has 0 bridgehead atoms. The first-order valence-electron chi connectivity index (χ1n) is 8.15. The van der Waals surface area contributed by atoms with Crippen molar-refractivity contribution in [2.75, 3.05) is 13.7 Å². The molecule has 0 spiro atoms. The second kappa shape index (κ2) is 6.35. The normalized spacial score (nSPS) is 24.2. The van der Waals surface area contributed by atoms with Crippen LogP contribution >= 0.6 is 0 Å². The Hall–Kier alpha value is -2.22. The van der Waals surface area contributed by atoms with Crippen molar-refractivity contribution in [1.82, 2.24) is 20.1 Å². The van der Waals surface area contributed by atoms with Gasteiger partial charge in [0.05, 0.1) is 11.7 Å². The lowest BCUT2D eigenvalue weighted by Crippen LogP contribution is -2.43. The number of nitrogens with zero attached hydrogens (tertiary/aromatic N) is 4. The number of aromatic nitrogens is 2. The Balaban J connectivity index is 1.76. The van der Waals surface area contributed by atoms with E-state index in [2.05, 4.69) is 15.5 Å². The molecule has 1 N–H and O–H groups in total. The first kappa shape index (κ1) is 16.6. The molecule has 2 aliphatic heterocycles. The molecule has 1 aromatic rings. The van der Waals surface area contributed by atoms with Gasteiger partial charge in [0.2, 0.25) is 5.91 Å². The van der Waals surface area contributed by atoms with Gasteiger partial charge in [-0.2, -0.15) is 10.2 Å². The average Bonchev–Trinajstić information content (AvgIpc) is 3.07. The van der Waals surface area contributed by atoms with Crippen LogP contribution in [0.2, 0.25) is 0 Å². The lowest BCUT2D eigenvalue weighted by molar-refractivity contribution is -0.130. The molecule has 0 saturated carbocycles. The fourth-order valence-electron chi connectivity index (χ4n) is 3.31. The Bertz CT molecular complexity index is 709. The van der Waals surface area contributed by atoms with Crippen molar-refractivity contribution in [2.45, 2.75) is 45.3 Å². The number of ether oxygens (including phenoxy) is 1. The summed E-state index contributed by atoms with van der Waals surface area (Å²) in [6.45, 7) is 4.55. The van der Waals surface area contributed by atoms with E-state index in [9.17, 15) is 9.59 Å². The monoisotopic (exact) mass is 333 g/mol. The van der Waals surface area contributed by atoms with Gasteiger partial charge in [0.15, 0.2) is 0 Å². The fraction of sp³-hybridized carbons (Fsp3) is 0.625. The Kier molecular flexibility index (Phi) is 4.40. The van der Waals surface area contributed by atoms with E-state index in [0.717, 1.165) is 23.4 Å². The highest BCUT2D eigenvalue weighted by Crippen LogP contribution is 2.33. The quantitative estimate of drug-likeness (QED) is 0.877. The van der Waals surface area contributed by atoms with Crippen molar-refractivity contribution in [3.8, 4) is 0 Å². The van der Waals surface area contributed by atoms with E-state index in [1.54, 1.807) is 7.05 Å². The van der Waals surface area contributed by atoms with Crippen molar-refractivity contribution in [2.24, 2.45) is 12.1 Å². The van der Waals surface area contributed by atoms with Crippen molar-refractivity contribution in [3.63, 3.8) is 0 Å². The molecule has 0 radical (unpaired) electrons. The molecule has 1 aromatic heterocycles. The van der Waals surface area contributed by atoms with Crippen molar-refractivity contribution in [1.29, 1.82) is 0 Å². The number of amides is 2. The zero-order valence-corrected chi connectivity index (χ0v) is 14.5. The zero-order valence-electron chi connectivity index (χ0n) is 14.5. The summed E-state index contributed by atoms with van der Waals surface area (Å²) >= 11 is 0. The van der Waals surface area contributed by atoms with E-state index >= 15 is 0 Å². The van der Waals surface area contributed by atoms with Crippen LogP contribution in [0.1, 0.15) is 42.3 Å². The second-order valence-corrected chi connectivity index (χ2v) is 6.33. The lowest BCUT2D eigenvalue weighted by Gasteiger charge is -2.23. The van der Waals surface area contributed by atoms with Crippen LogP contribution in [0, 0.1) is 13.8 Å². The predicted molar refractivity (Wildman–Crippen MR) is 87.4 cm³/mol. The number of carbonyl (C=O) groups is 2. The van der Waals surface area contributed by atoms with Crippen LogP contribution in [-0.2, 0) is 21.4 Å². The molecule has 2 atom stereocenters. The van der Waals surface area contributed by atoms with Gasteiger partial charge in [-0.15, -0.1) is 0 Å². The fourth-order valence-corrected chi connectivity index (χ4v) is 3.31. The van der Waals surface area contributed by atoms with Gasteiger partial charge in [0, 0.05) is 44.8 Å². The van der Waals surface area contributed by atoms with Gasteiger partial charge in [-0.05, 0) is 20.3 Å². The van der Waals surface area contributed by atoms with Crippen molar-refractivity contribution < 1.29 is 14.3 Å². The number of aryl methyl sites for hydroxylation is 2. The van der Waals surface area contributed by atoms with E-state index in [-0.39, 0.29) is 24.0 Å². The average molecular weight is 333 g/mol. The summed E-state index contributed by atoms with van der Waals surface area (Å²) in [6.07, 6.45) is 1.23. The number of hydrogen-bond acceptors (Lipinski definition) is 5. The van der Waals surface area contributed by atoms with Crippen LogP contribution in [0.3, 0.4) is 0 Å². The summed E-state index contributed by atoms with van der Waals surface area (Å²) in [5, 5.41) is 12.8. The smallest absolute Gasteiger partial charge is 0.267 e. The number of nitrogens with one attached hydrogen (secondary N) is 1. The van der Waals surface area contributed by atoms with Crippen LogP contribution in [0.15, 0.2) is 5.10 Å². The van der Waals surface area contributed by atoms with E-state index in [1.807, 2.05) is 25.6 Å². The molecule has 2 amide bonds. The molecule has 1 saturated heterocycles. The molecule has 3 heterocycles. The molecule has 3 rings (SSSR count). The van der Waals surface area contributed by atoms with E-state index in [1.165, 1.54) is 5.01 Å². The van der Waals surface area contributed by atoms with Gasteiger partial charge in [-0.3, -0.25) is 14.3 Å². The number of hydrogen-bond donors (Lipinski definition) is 1. The van der Waals surface area contributed by atoms with Crippen LogP contribution in [-0.4, -0.2) is 52.0 Å². The minimum absolute atomic E-state index is 0.0739.